The Kier molecular flexibility index (Phi) is 5.11. The third-order valence-corrected chi connectivity index (χ3v) is 3.63. The van der Waals surface area contributed by atoms with Crippen LogP contribution in [0.3, 0.4) is 0 Å². The molecule has 1 aliphatic rings. The summed E-state index contributed by atoms with van der Waals surface area (Å²) in [6, 6.07) is 2.57. The van der Waals surface area contributed by atoms with Crippen molar-refractivity contribution < 1.29 is 4.74 Å². The van der Waals surface area contributed by atoms with Gasteiger partial charge in [-0.25, -0.2) is 0 Å². The minimum absolute atomic E-state index is 0.101. The number of rotatable bonds is 3. The number of hydrogen-bond donors (Lipinski definition) is 0. The van der Waals surface area contributed by atoms with Gasteiger partial charge in [0.2, 0.25) is 0 Å². The van der Waals surface area contributed by atoms with Crippen molar-refractivity contribution in [2.75, 3.05) is 7.11 Å². The number of nitrogens with zero attached hydrogens (tertiary/aromatic N) is 1. The van der Waals surface area contributed by atoms with Crippen LogP contribution in [0, 0.1) is 16.7 Å². The fourth-order valence-electron chi connectivity index (χ4n) is 2.58. The lowest BCUT2D eigenvalue weighted by Crippen LogP contribution is -2.26. The van der Waals surface area contributed by atoms with Gasteiger partial charge in [0.25, 0.3) is 0 Å². The zero-order valence-corrected chi connectivity index (χ0v) is 10.1. The highest BCUT2D eigenvalue weighted by atomic mass is 16.5. The van der Waals surface area contributed by atoms with Crippen LogP contribution in [0.1, 0.15) is 58.3 Å². The molecular weight excluding hydrogens is 186 g/mol. The first-order chi connectivity index (χ1) is 7.22. The Morgan fingerprint density at radius 2 is 1.73 bits per heavy atom. The Bertz CT molecular complexity index is 211. The molecule has 0 amide bonds. The van der Waals surface area contributed by atoms with E-state index in [9.17, 15) is 5.26 Å². The molecule has 0 aliphatic heterocycles. The van der Waals surface area contributed by atoms with Crippen molar-refractivity contribution in [2.45, 2.75) is 64.4 Å². The van der Waals surface area contributed by atoms with Crippen LogP contribution < -0.4 is 0 Å². The van der Waals surface area contributed by atoms with Crippen LogP contribution in [0.2, 0.25) is 0 Å². The van der Waals surface area contributed by atoms with Crippen molar-refractivity contribution in [3.63, 3.8) is 0 Å². The molecule has 0 aromatic carbocycles. The van der Waals surface area contributed by atoms with Crippen LogP contribution in [-0.4, -0.2) is 13.2 Å². The summed E-state index contributed by atoms with van der Waals surface area (Å²) in [6.07, 6.45) is 9.61. The zero-order valence-electron chi connectivity index (χ0n) is 10.1. The molecule has 1 fully saturated rings. The van der Waals surface area contributed by atoms with Crippen molar-refractivity contribution in [3.8, 4) is 6.07 Å². The SMILES string of the molecule is COC(C)CC1(C#N)CCCCCCC1. The van der Waals surface area contributed by atoms with Gasteiger partial charge in [0, 0.05) is 7.11 Å². The molecule has 0 aromatic heterocycles. The smallest absolute Gasteiger partial charge is 0.0690 e. The Hall–Kier alpha value is -0.550. The first kappa shape index (κ1) is 12.5. The normalized spacial score (nSPS) is 23.5. The predicted molar refractivity (Wildman–Crippen MR) is 61.5 cm³/mol. The van der Waals surface area contributed by atoms with Crippen LogP contribution in [0.5, 0.6) is 0 Å². The van der Waals surface area contributed by atoms with Gasteiger partial charge in [0.1, 0.15) is 0 Å². The van der Waals surface area contributed by atoms with Crippen molar-refractivity contribution in [2.24, 2.45) is 5.41 Å². The number of hydrogen-bond acceptors (Lipinski definition) is 2. The highest BCUT2D eigenvalue weighted by molar-refractivity contribution is 5.00. The Balaban J connectivity index is 2.59. The summed E-state index contributed by atoms with van der Waals surface area (Å²) < 4.78 is 5.30. The molecule has 15 heavy (non-hydrogen) atoms. The van der Waals surface area contributed by atoms with E-state index < -0.39 is 0 Å². The molecule has 0 saturated heterocycles. The fourth-order valence-corrected chi connectivity index (χ4v) is 2.58. The van der Waals surface area contributed by atoms with E-state index in [1.165, 1.54) is 32.1 Å². The van der Waals surface area contributed by atoms with Gasteiger partial charge in [0.05, 0.1) is 17.6 Å². The van der Waals surface area contributed by atoms with E-state index in [0.29, 0.717) is 0 Å². The maximum absolute atomic E-state index is 9.40. The van der Waals surface area contributed by atoms with Crippen LogP contribution in [0.4, 0.5) is 0 Å². The molecule has 0 aromatic rings. The first-order valence-electron chi connectivity index (χ1n) is 6.16. The number of nitriles is 1. The van der Waals surface area contributed by atoms with Gasteiger partial charge in [-0.2, -0.15) is 5.26 Å². The van der Waals surface area contributed by atoms with Gasteiger partial charge < -0.3 is 4.74 Å². The minimum atomic E-state index is -0.101. The quantitative estimate of drug-likeness (QED) is 0.710. The largest absolute Gasteiger partial charge is 0.382 e. The minimum Gasteiger partial charge on any atom is -0.382 e. The Morgan fingerprint density at radius 1 is 1.20 bits per heavy atom. The van der Waals surface area contributed by atoms with Gasteiger partial charge in [0.15, 0.2) is 0 Å². The predicted octanol–water partition coefficient (Wildman–Crippen LogP) is 3.67. The second-order valence-electron chi connectivity index (χ2n) is 4.91. The molecule has 1 rings (SSSR count). The lowest BCUT2D eigenvalue weighted by atomic mass is 9.74. The standard InChI is InChI=1S/C13H23NO/c1-12(15-2)10-13(11-14)8-6-4-3-5-7-9-13/h12H,3-10H2,1-2H3. The van der Waals surface area contributed by atoms with Gasteiger partial charge in [-0.3, -0.25) is 0 Å². The average Bonchev–Trinajstić information content (AvgIpc) is 2.22. The van der Waals surface area contributed by atoms with Crippen molar-refractivity contribution in [3.05, 3.63) is 0 Å². The second-order valence-corrected chi connectivity index (χ2v) is 4.91. The van der Waals surface area contributed by atoms with Crippen molar-refractivity contribution >= 4 is 0 Å². The van der Waals surface area contributed by atoms with Crippen LogP contribution in [-0.2, 0) is 4.74 Å². The van der Waals surface area contributed by atoms with E-state index in [2.05, 4.69) is 13.0 Å². The summed E-state index contributed by atoms with van der Waals surface area (Å²) in [4.78, 5) is 0. The van der Waals surface area contributed by atoms with Crippen molar-refractivity contribution in [1.82, 2.24) is 0 Å². The molecule has 0 heterocycles. The summed E-state index contributed by atoms with van der Waals surface area (Å²) in [6.45, 7) is 2.07. The van der Waals surface area contributed by atoms with E-state index in [4.69, 9.17) is 4.74 Å². The van der Waals surface area contributed by atoms with E-state index in [-0.39, 0.29) is 11.5 Å². The Morgan fingerprint density at radius 3 is 2.20 bits per heavy atom. The van der Waals surface area contributed by atoms with Crippen LogP contribution in [0.25, 0.3) is 0 Å². The molecule has 1 unspecified atom stereocenters. The molecule has 0 radical (unpaired) electrons. The van der Waals surface area contributed by atoms with Gasteiger partial charge in [-0.05, 0) is 26.2 Å². The van der Waals surface area contributed by atoms with E-state index in [1.807, 2.05) is 0 Å². The van der Waals surface area contributed by atoms with Crippen LogP contribution in [0.15, 0.2) is 0 Å². The summed E-state index contributed by atoms with van der Waals surface area (Å²) >= 11 is 0. The fraction of sp³-hybridized carbons (Fsp3) is 0.923. The van der Waals surface area contributed by atoms with E-state index in [1.54, 1.807) is 7.11 Å². The van der Waals surface area contributed by atoms with E-state index >= 15 is 0 Å². The average molecular weight is 209 g/mol. The molecule has 1 saturated carbocycles. The lowest BCUT2D eigenvalue weighted by molar-refractivity contribution is 0.0722. The number of ether oxygens (including phenoxy) is 1. The van der Waals surface area contributed by atoms with E-state index in [0.717, 1.165) is 19.3 Å². The third kappa shape index (κ3) is 3.83. The maximum Gasteiger partial charge on any atom is 0.0690 e. The molecule has 0 spiro atoms. The van der Waals surface area contributed by atoms with Crippen LogP contribution >= 0.6 is 0 Å². The molecule has 0 N–H and O–H groups in total. The molecular formula is C13H23NO. The molecule has 1 atom stereocenters. The first-order valence-corrected chi connectivity index (χ1v) is 6.16. The summed E-state index contributed by atoms with van der Waals surface area (Å²) in [5.74, 6) is 0. The maximum atomic E-state index is 9.40. The highest BCUT2D eigenvalue weighted by Gasteiger charge is 2.31. The molecule has 86 valence electrons. The number of methoxy groups -OCH3 is 1. The molecule has 2 nitrogen and oxygen atoms in total. The monoisotopic (exact) mass is 209 g/mol. The van der Waals surface area contributed by atoms with Gasteiger partial charge >= 0.3 is 0 Å². The molecule has 1 aliphatic carbocycles. The summed E-state index contributed by atoms with van der Waals surface area (Å²) in [5, 5.41) is 9.40. The van der Waals surface area contributed by atoms with Crippen molar-refractivity contribution in [1.29, 1.82) is 5.26 Å². The molecule has 2 heteroatoms. The Labute approximate surface area is 93.6 Å². The topological polar surface area (TPSA) is 33.0 Å². The molecule has 0 bridgehead atoms. The zero-order chi connectivity index (χ0) is 11.1. The lowest BCUT2D eigenvalue weighted by Gasteiger charge is -2.30. The summed E-state index contributed by atoms with van der Waals surface area (Å²) in [5.41, 5.74) is -0.101. The van der Waals surface area contributed by atoms with Gasteiger partial charge in [-0.15, -0.1) is 0 Å². The highest BCUT2D eigenvalue weighted by Crippen LogP contribution is 2.38. The second kappa shape index (κ2) is 6.12. The van der Waals surface area contributed by atoms with Gasteiger partial charge in [-0.1, -0.05) is 32.1 Å². The summed E-state index contributed by atoms with van der Waals surface area (Å²) in [7, 11) is 1.73. The third-order valence-electron chi connectivity index (χ3n) is 3.63.